The Morgan fingerprint density at radius 3 is 1.75 bits per heavy atom. The standard InChI is InChI=1S/C52H33N5/c1-2-13-34(14-3-1)41-22-11-16-37-17-12-23-42(48(37)41)36-26-28-38(29-27-36)50-54-51(40-19-10-18-39(33-40)45-24-8-9-32-53-45)56-52(55-50)57-46-25-7-6-21-44(46)49-43-20-5-4-15-35(43)30-31-47(49)57/h1-33H. The Morgan fingerprint density at radius 1 is 0.351 bits per heavy atom. The zero-order valence-electron chi connectivity index (χ0n) is 30.8. The van der Waals surface area contributed by atoms with E-state index in [2.05, 4.69) is 179 Å². The van der Waals surface area contributed by atoms with Gasteiger partial charge < -0.3 is 0 Å². The molecule has 0 aliphatic heterocycles. The normalized spacial score (nSPS) is 11.5. The van der Waals surface area contributed by atoms with Crippen LogP contribution in [-0.2, 0) is 0 Å². The van der Waals surface area contributed by atoms with Crippen molar-refractivity contribution in [1.29, 1.82) is 0 Å². The lowest BCUT2D eigenvalue weighted by Crippen LogP contribution is -2.06. The second kappa shape index (κ2) is 13.5. The summed E-state index contributed by atoms with van der Waals surface area (Å²) in [6, 6.07) is 68.0. The Labute approximate surface area is 329 Å². The molecule has 0 N–H and O–H groups in total. The predicted molar refractivity (Wildman–Crippen MR) is 234 cm³/mol. The molecule has 0 saturated heterocycles. The van der Waals surface area contributed by atoms with Crippen LogP contribution in [0.3, 0.4) is 0 Å². The minimum atomic E-state index is 0.561. The van der Waals surface area contributed by atoms with Gasteiger partial charge in [0.2, 0.25) is 5.95 Å². The van der Waals surface area contributed by atoms with Crippen molar-refractivity contribution in [3.63, 3.8) is 0 Å². The summed E-state index contributed by atoms with van der Waals surface area (Å²) < 4.78 is 2.18. The van der Waals surface area contributed by atoms with Crippen LogP contribution in [0.2, 0.25) is 0 Å². The van der Waals surface area contributed by atoms with Crippen LogP contribution in [0.1, 0.15) is 0 Å². The van der Waals surface area contributed by atoms with Gasteiger partial charge in [-0.25, -0.2) is 4.98 Å². The van der Waals surface area contributed by atoms with E-state index in [4.69, 9.17) is 15.0 Å². The lowest BCUT2D eigenvalue weighted by Gasteiger charge is -2.14. The second-order valence-electron chi connectivity index (χ2n) is 14.3. The van der Waals surface area contributed by atoms with Crippen molar-refractivity contribution in [3.05, 3.63) is 200 Å². The van der Waals surface area contributed by atoms with Crippen molar-refractivity contribution >= 4 is 43.4 Å². The van der Waals surface area contributed by atoms with E-state index in [1.807, 2.05) is 30.5 Å². The van der Waals surface area contributed by atoms with Gasteiger partial charge in [-0.3, -0.25) is 9.55 Å². The quantitative estimate of drug-likeness (QED) is 0.171. The van der Waals surface area contributed by atoms with Gasteiger partial charge in [-0.15, -0.1) is 0 Å². The predicted octanol–water partition coefficient (Wildman–Crippen LogP) is 13.0. The SMILES string of the molecule is c1ccc(-c2cccc3cccc(-c4ccc(-c5nc(-c6cccc(-c7ccccn7)c6)nc(-n6c7ccccc7c7c8ccccc8ccc76)n5)cc4)c23)cc1. The van der Waals surface area contributed by atoms with Crippen LogP contribution < -0.4 is 0 Å². The molecule has 0 bridgehead atoms. The molecule has 0 atom stereocenters. The smallest absolute Gasteiger partial charge is 0.238 e. The Morgan fingerprint density at radius 2 is 0.965 bits per heavy atom. The summed E-state index contributed by atoms with van der Waals surface area (Å²) in [6.45, 7) is 0. The monoisotopic (exact) mass is 727 g/mol. The molecule has 3 aromatic heterocycles. The molecule has 11 rings (SSSR count). The van der Waals surface area contributed by atoms with E-state index in [9.17, 15) is 0 Å². The number of fused-ring (bicyclic) bond motifs is 6. The fourth-order valence-electron chi connectivity index (χ4n) is 8.27. The molecular weight excluding hydrogens is 695 g/mol. The summed E-state index contributed by atoms with van der Waals surface area (Å²) in [5.41, 5.74) is 10.5. The largest absolute Gasteiger partial charge is 0.278 e. The zero-order valence-corrected chi connectivity index (χ0v) is 30.8. The summed E-state index contributed by atoms with van der Waals surface area (Å²) in [6.07, 6.45) is 1.82. The molecule has 57 heavy (non-hydrogen) atoms. The van der Waals surface area contributed by atoms with Crippen molar-refractivity contribution in [2.45, 2.75) is 0 Å². The van der Waals surface area contributed by atoms with Crippen LogP contribution in [-0.4, -0.2) is 24.5 Å². The van der Waals surface area contributed by atoms with Crippen molar-refractivity contribution in [1.82, 2.24) is 24.5 Å². The van der Waals surface area contributed by atoms with Gasteiger partial charge in [-0.1, -0.05) is 164 Å². The minimum absolute atomic E-state index is 0.561. The Bertz CT molecular complexity index is 3270. The number of hydrogen-bond donors (Lipinski definition) is 0. The lowest BCUT2D eigenvalue weighted by atomic mass is 9.91. The van der Waals surface area contributed by atoms with E-state index < -0.39 is 0 Å². The molecule has 0 fully saturated rings. The lowest BCUT2D eigenvalue weighted by molar-refractivity contribution is 0.953. The van der Waals surface area contributed by atoms with E-state index in [-0.39, 0.29) is 0 Å². The van der Waals surface area contributed by atoms with Crippen molar-refractivity contribution in [2.75, 3.05) is 0 Å². The number of hydrogen-bond acceptors (Lipinski definition) is 4. The van der Waals surface area contributed by atoms with Gasteiger partial charge in [-0.05, 0) is 74.1 Å². The third-order valence-corrected chi connectivity index (χ3v) is 10.9. The molecule has 8 aromatic carbocycles. The molecule has 0 spiro atoms. The first kappa shape index (κ1) is 32.7. The highest BCUT2D eigenvalue weighted by molar-refractivity contribution is 6.21. The van der Waals surface area contributed by atoms with Crippen LogP contribution in [0.5, 0.6) is 0 Å². The molecule has 0 aliphatic rings. The van der Waals surface area contributed by atoms with E-state index in [1.54, 1.807) is 0 Å². The number of benzene rings is 8. The fourth-order valence-corrected chi connectivity index (χ4v) is 8.27. The van der Waals surface area contributed by atoms with E-state index in [0.717, 1.165) is 44.4 Å². The summed E-state index contributed by atoms with van der Waals surface area (Å²) in [5, 5.41) is 7.16. The first-order chi connectivity index (χ1) is 28.3. The Hall–Kier alpha value is -7.76. The van der Waals surface area contributed by atoms with Gasteiger partial charge in [0, 0.05) is 33.7 Å². The summed E-state index contributed by atoms with van der Waals surface area (Å²) in [5.74, 6) is 1.75. The van der Waals surface area contributed by atoms with Crippen LogP contribution in [0.15, 0.2) is 200 Å². The third-order valence-electron chi connectivity index (χ3n) is 10.9. The van der Waals surface area contributed by atoms with Gasteiger partial charge in [0.1, 0.15) is 0 Å². The molecule has 266 valence electrons. The first-order valence-corrected chi connectivity index (χ1v) is 19.1. The van der Waals surface area contributed by atoms with Gasteiger partial charge in [-0.2, -0.15) is 9.97 Å². The van der Waals surface area contributed by atoms with Gasteiger partial charge in [0.05, 0.1) is 16.7 Å². The van der Waals surface area contributed by atoms with E-state index >= 15 is 0 Å². The van der Waals surface area contributed by atoms with Crippen LogP contribution in [0.25, 0.3) is 106 Å². The van der Waals surface area contributed by atoms with Gasteiger partial charge in [0.15, 0.2) is 11.6 Å². The summed E-state index contributed by atoms with van der Waals surface area (Å²) in [4.78, 5) is 20.3. The Kier molecular flexibility index (Phi) is 7.74. The molecule has 0 radical (unpaired) electrons. The average Bonchev–Trinajstić information content (AvgIpc) is 3.64. The molecule has 0 aliphatic carbocycles. The molecule has 5 heteroatoms. The highest BCUT2D eigenvalue weighted by atomic mass is 15.2. The Balaban J connectivity index is 1.11. The summed E-state index contributed by atoms with van der Waals surface area (Å²) in [7, 11) is 0. The van der Waals surface area contributed by atoms with Gasteiger partial charge >= 0.3 is 0 Å². The molecule has 3 heterocycles. The van der Waals surface area contributed by atoms with Crippen molar-refractivity contribution in [3.8, 4) is 62.2 Å². The van der Waals surface area contributed by atoms with Crippen molar-refractivity contribution < 1.29 is 0 Å². The highest BCUT2D eigenvalue weighted by Gasteiger charge is 2.20. The van der Waals surface area contributed by atoms with Crippen LogP contribution >= 0.6 is 0 Å². The zero-order chi connectivity index (χ0) is 37.7. The molecule has 0 saturated carbocycles. The van der Waals surface area contributed by atoms with Crippen LogP contribution in [0, 0.1) is 0 Å². The maximum Gasteiger partial charge on any atom is 0.238 e. The topological polar surface area (TPSA) is 56.5 Å². The van der Waals surface area contributed by atoms with E-state index in [0.29, 0.717) is 17.6 Å². The average molecular weight is 728 g/mol. The number of pyridine rings is 1. The maximum absolute atomic E-state index is 5.27. The van der Waals surface area contributed by atoms with Gasteiger partial charge in [0.25, 0.3) is 0 Å². The van der Waals surface area contributed by atoms with Crippen molar-refractivity contribution in [2.24, 2.45) is 0 Å². The minimum Gasteiger partial charge on any atom is -0.278 e. The molecule has 0 amide bonds. The molecular formula is C52H33N5. The third kappa shape index (κ3) is 5.64. The number of nitrogens with zero attached hydrogens (tertiary/aromatic N) is 5. The number of para-hydroxylation sites is 1. The first-order valence-electron chi connectivity index (χ1n) is 19.1. The molecule has 11 aromatic rings. The van der Waals surface area contributed by atoms with E-state index in [1.165, 1.54) is 43.6 Å². The molecule has 5 nitrogen and oxygen atoms in total. The van der Waals surface area contributed by atoms with Crippen LogP contribution in [0.4, 0.5) is 0 Å². The number of aromatic nitrogens is 5. The fraction of sp³-hybridized carbons (Fsp3) is 0. The number of rotatable bonds is 6. The highest BCUT2D eigenvalue weighted by Crippen LogP contribution is 2.39. The maximum atomic E-state index is 5.27. The summed E-state index contributed by atoms with van der Waals surface area (Å²) >= 11 is 0. The molecule has 0 unspecified atom stereocenters. The second-order valence-corrected chi connectivity index (χ2v) is 14.3.